The Labute approximate surface area is 166 Å². The summed E-state index contributed by atoms with van der Waals surface area (Å²) in [6, 6.07) is 14.1. The lowest BCUT2D eigenvalue weighted by Gasteiger charge is -2.36. The van der Waals surface area contributed by atoms with E-state index < -0.39 is 16.1 Å². The first kappa shape index (κ1) is 20.2. The minimum Gasteiger partial charge on any atom is -0.497 e. The predicted octanol–water partition coefficient (Wildman–Crippen LogP) is 2.82. The van der Waals surface area contributed by atoms with Gasteiger partial charge in [-0.15, -0.1) is 0 Å². The molecule has 2 aromatic rings. The van der Waals surface area contributed by atoms with Crippen molar-refractivity contribution in [1.29, 1.82) is 0 Å². The summed E-state index contributed by atoms with van der Waals surface area (Å²) in [7, 11) is -2.14. The molecule has 0 aliphatic carbocycles. The lowest BCUT2D eigenvalue weighted by atomic mass is 9.99. The molecule has 1 heterocycles. The second kappa shape index (κ2) is 8.22. The van der Waals surface area contributed by atoms with Crippen molar-refractivity contribution >= 4 is 21.6 Å². The first-order valence-electron chi connectivity index (χ1n) is 9.34. The first-order valence-corrected chi connectivity index (χ1v) is 11.2. The van der Waals surface area contributed by atoms with E-state index in [2.05, 4.69) is 6.07 Å². The molecule has 1 amide bonds. The molecule has 3 rings (SSSR count). The van der Waals surface area contributed by atoms with Crippen LogP contribution in [0.3, 0.4) is 0 Å². The van der Waals surface area contributed by atoms with E-state index in [1.807, 2.05) is 25.1 Å². The van der Waals surface area contributed by atoms with E-state index in [4.69, 9.17) is 4.74 Å². The zero-order valence-electron chi connectivity index (χ0n) is 16.5. The van der Waals surface area contributed by atoms with E-state index >= 15 is 0 Å². The number of rotatable bonds is 6. The van der Waals surface area contributed by atoms with Crippen LogP contribution in [0.15, 0.2) is 48.5 Å². The maximum Gasteiger partial charge on any atom is 0.246 e. The molecule has 28 heavy (non-hydrogen) atoms. The van der Waals surface area contributed by atoms with Crippen LogP contribution in [0.5, 0.6) is 5.75 Å². The number of ether oxygens (including phenoxy) is 1. The maximum atomic E-state index is 13.3. The summed E-state index contributed by atoms with van der Waals surface area (Å²) in [5.74, 6) is 0.366. The highest BCUT2D eigenvalue weighted by molar-refractivity contribution is 7.92. The summed E-state index contributed by atoms with van der Waals surface area (Å²) >= 11 is 0. The zero-order valence-corrected chi connectivity index (χ0v) is 17.3. The van der Waals surface area contributed by atoms with Crippen molar-refractivity contribution in [3.05, 3.63) is 59.7 Å². The number of sulfonamides is 1. The molecule has 0 bridgehead atoms. The van der Waals surface area contributed by atoms with E-state index in [9.17, 15) is 13.2 Å². The Morgan fingerprint density at radius 1 is 1.18 bits per heavy atom. The maximum absolute atomic E-state index is 13.3. The number of benzene rings is 2. The Bertz CT molecular complexity index is 958. The molecule has 0 aromatic heterocycles. The monoisotopic (exact) mass is 402 g/mol. The second-order valence-corrected chi connectivity index (χ2v) is 8.82. The number of carbonyl (C=O) groups excluding carboxylic acids is 1. The fourth-order valence-electron chi connectivity index (χ4n) is 3.69. The van der Waals surface area contributed by atoms with Crippen LogP contribution in [0.2, 0.25) is 0 Å². The van der Waals surface area contributed by atoms with Crippen molar-refractivity contribution in [3.63, 3.8) is 0 Å². The van der Waals surface area contributed by atoms with Gasteiger partial charge in [0.05, 0.1) is 19.1 Å². The van der Waals surface area contributed by atoms with Crippen LogP contribution >= 0.6 is 0 Å². The van der Waals surface area contributed by atoms with Gasteiger partial charge in [0.2, 0.25) is 15.9 Å². The molecular weight excluding hydrogens is 376 g/mol. The Balaban J connectivity index is 1.93. The molecule has 0 fully saturated rings. The summed E-state index contributed by atoms with van der Waals surface area (Å²) in [6.07, 6.45) is 2.28. The molecule has 6 nitrogen and oxygen atoms in total. The minimum atomic E-state index is -3.67. The van der Waals surface area contributed by atoms with Crippen molar-refractivity contribution in [2.75, 3.05) is 24.2 Å². The Morgan fingerprint density at radius 3 is 2.54 bits per heavy atom. The third-order valence-corrected chi connectivity index (χ3v) is 6.24. The molecule has 0 spiro atoms. The predicted molar refractivity (Wildman–Crippen MR) is 110 cm³/mol. The molecule has 2 aromatic carbocycles. The van der Waals surface area contributed by atoms with Gasteiger partial charge < -0.3 is 9.64 Å². The zero-order chi connectivity index (χ0) is 20.3. The third-order valence-electron chi connectivity index (χ3n) is 5.06. The number of fused-ring (bicyclic) bond motifs is 1. The lowest BCUT2D eigenvalue weighted by Crippen LogP contribution is -2.51. The molecule has 0 saturated heterocycles. The highest BCUT2D eigenvalue weighted by Gasteiger charge is 2.35. The van der Waals surface area contributed by atoms with Crippen molar-refractivity contribution < 1.29 is 17.9 Å². The van der Waals surface area contributed by atoms with Gasteiger partial charge in [0.25, 0.3) is 0 Å². The number of nitrogens with zero attached hydrogens (tertiary/aromatic N) is 2. The highest BCUT2D eigenvalue weighted by atomic mass is 32.2. The van der Waals surface area contributed by atoms with Crippen molar-refractivity contribution in [2.45, 2.75) is 32.4 Å². The van der Waals surface area contributed by atoms with Crippen LogP contribution in [-0.2, 0) is 27.8 Å². The van der Waals surface area contributed by atoms with Crippen LogP contribution < -0.4 is 9.04 Å². The molecule has 1 unspecified atom stereocenters. The SMILES string of the molecule is CCC(C(=O)N1CCc2ccccc2C1)N(c1cccc(OC)c1)S(C)(=O)=O. The number of anilines is 1. The van der Waals surface area contributed by atoms with Crippen molar-refractivity contribution in [1.82, 2.24) is 4.90 Å². The summed E-state index contributed by atoms with van der Waals surface area (Å²) in [6.45, 7) is 2.92. The molecule has 0 radical (unpaired) electrons. The quantitative estimate of drug-likeness (QED) is 0.745. The van der Waals surface area contributed by atoms with Crippen molar-refractivity contribution in [2.24, 2.45) is 0 Å². The van der Waals surface area contributed by atoms with Gasteiger partial charge >= 0.3 is 0 Å². The average molecular weight is 403 g/mol. The number of carbonyl (C=O) groups is 1. The Kier molecular flexibility index (Phi) is 5.93. The van der Waals surface area contributed by atoms with Crippen LogP contribution in [-0.4, -0.2) is 45.2 Å². The third kappa shape index (κ3) is 4.14. The topological polar surface area (TPSA) is 66.9 Å². The first-order chi connectivity index (χ1) is 13.3. The Morgan fingerprint density at radius 2 is 1.89 bits per heavy atom. The van der Waals surface area contributed by atoms with Gasteiger partial charge in [-0.25, -0.2) is 8.42 Å². The molecule has 7 heteroatoms. The van der Waals surface area contributed by atoms with Crippen LogP contribution in [0.4, 0.5) is 5.69 Å². The fraction of sp³-hybridized carbons (Fsp3) is 0.381. The number of methoxy groups -OCH3 is 1. The number of amides is 1. The van der Waals surface area contributed by atoms with E-state index in [1.54, 1.807) is 29.2 Å². The molecule has 150 valence electrons. The second-order valence-electron chi connectivity index (χ2n) is 6.96. The lowest BCUT2D eigenvalue weighted by molar-refractivity contribution is -0.133. The average Bonchev–Trinajstić information content (AvgIpc) is 2.70. The van der Waals surface area contributed by atoms with E-state index in [-0.39, 0.29) is 5.91 Å². The molecule has 0 N–H and O–H groups in total. The highest BCUT2D eigenvalue weighted by Crippen LogP contribution is 2.28. The fourth-order valence-corrected chi connectivity index (χ4v) is 4.88. The number of hydrogen-bond acceptors (Lipinski definition) is 4. The van der Waals surface area contributed by atoms with Gasteiger partial charge in [-0.1, -0.05) is 37.3 Å². The van der Waals surface area contributed by atoms with E-state index in [0.717, 1.165) is 18.2 Å². The summed E-state index contributed by atoms with van der Waals surface area (Å²) < 4.78 is 31.7. The molecular formula is C21H26N2O4S. The standard InChI is InChI=1S/C21H26N2O4S/c1-4-20(21(24)22-13-12-16-8-5-6-9-17(16)15-22)23(28(3,25)26)18-10-7-11-19(14-18)27-2/h5-11,14,20H,4,12-13,15H2,1-3H3. The molecule has 1 aliphatic heterocycles. The summed E-state index contributed by atoms with van der Waals surface area (Å²) in [4.78, 5) is 15.1. The van der Waals surface area contributed by atoms with E-state index in [1.165, 1.54) is 17.0 Å². The van der Waals surface area contributed by atoms with Gasteiger partial charge in [0.1, 0.15) is 11.8 Å². The largest absolute Gasteiger partial charge is 0.497 e. The van der Waals surface area contributed by atoms with Crippen LogP contribution in [0, 0.1) is 0 Å². The van der Waals surface area contributed by atoms with Gasteiger partial charge in [0, 0.05) is 19.2 Å². The van der Waals surface area contributed by atoms with Gasteiger partial charge in [-0.2, -0.15) is 0 Å². The Hall–Kier alpha value is -2.54. The normalized spacial score (nSPS) is 14.9. The van der Waals surface area contributed by atoms with Gasteiger partial charge in [-0.3, -0.25) is 9.10 Å². The van der Waals surface area contributed by atoms with Crippen LogP contribution in [0.25, 0.3) is 0 Å². The molecule has 1 aliphatic rings. The molecule has 0 saturated carbocycles. The minimum absolute atomic E-state index is 0.176. The van der Waals surface area contributed by atoms with Crippen molar-refractivity contribution in [3.8, 4) is 5.75 Å². The van der Waals surface area contributed by atoms with Gasteiger partial charge in [-0.05, 0) is 36.1 Å². The number of hydrogen-bond donors (Lipinski definition) is 0. The van der Waals surface area contributed by atoms with Gasteiger partial charge in [0.15, 0.2) is 0 Å². The smallest absolute Gasteiger partial charge is 0.246 e. The van der Waals surface area contributed by atoms with Crippen LogP contribution in [0.1, 0.15) is 24.5 Å². The molecule has 1 atom stereocenters. The summed E-state index contributed by atoms with van der Waals surface area (Å²) in [5.41, 5.74) is 2.79. The summed E-state index contributed by atoms with van der Waals surface area (Å²) in [5, 5.41) is 0. The van der Waals surface area contributed by atoms with E-state index in [0.29, 0.717) is 30.9 Å².